The van der Waals surface area contributed by atoms with E-state index < -0.39 is 59.0 Å². The van der Waals surface area contributed by atoms with E-state index in [0.717, 1.165) is 6.20 Å². The third kappa shape index (κ3) is 6.41. The van der Waals surface area contributed by atoms with Crippen molar-refractivity contribution in [1.29, 1.82) is 0 Å². The maximum absolute atomic E-state index is 13.2. The highest BCUT2D eigenvalue weighted by molar-refractivity contribution is 5.83. The number of aromatic nitrogens is 4. The van der Waals surface area contributed by atoms with Gasteiger partial charge in [-0.3, -0.25) is 9.59 Å². The molecule has 17 heteroatoms. The van der Waals surface area contributed by atoms with Crippen LogP contribution in [0.15, 0.2) is 23.4 Å². The Labute approximate surface area is 217 Å². The van der Waals surface area contributed by atoms with Gasteiger partial charge in [-0.25, -0.2) is 15.1 Å². The maximum atomic E-state index is 13.2. The molecule has 3 N–H and O–H groups in total. The van der Waals surface area contributed by atoms with Crippen molar-refractivity contribution in [3.63, 3.8) is 0 Å². The average Bonchev–Trinajstić information content (AvgIpc) is 3.21. The Morgan fingerprint density at radius 2 is 1.79 bits per heavy atom. The summed E-state index contributed by atoms with van der Waals surface area (Å²) in [5, 5.41) is 18.4. The van der Waals surface area contributed by atoms with E-state index in [-0.39, 0.29) is 38.1 Å². The molecule has 214 valence electrons. The second kappa shape index (κ2) is 11.0. The summed E-state index contributed by atoms with van der Waals surface area (Å²) in [7, 11) is 0. The maximum Gasteiger partial charge on any atom is 0.423 e. The summed E-state index contributed by atoms with van der Waals surface area (Å²) in [5.41, 5.74) is -4.32. The number of likely N-dealkylation sites (tertiary alicyclic amines) is 1. The summed E-state index contributed by atoms with van der Waals surface area (Å²) in [5.74, 6) is -0.362. The van der Waals surface area contributed by atoms with Crippen LogP contribution in [0.1, 0.15) is 30.9 Å². The lowest BCUT2D eigenvalue weighted by molar-refractivity contribution is -0.141. The number of hydrogen-bond acceptors (Lipinski definition) is 9. The lowest BCUT2D eigenvalue weighted by Gasteiger charge is -2.40. The molecule has 2 aromatic heterocycles. The Balaban J connectivity index is 1.30. The number of aliphatic hydroxyl groups is 1. The van der Waals surface area contributed by atoms with E-state index in [1.807, 2.05) is 0 Å². The number of β-amino-alcohol motifs (C(OH)–C–C–N with tert-alkyl or cyclic N) is 1. The average molecular weight is 565 g/mol. The molecule has 2 aliphatic rings. The number of nitrogens with one attached hydrogen (secondary N) is 2. The molecule has 1 unspecified atom stereocenters. The number of anilines is 2. The van der Waals surface area contributed by atoms with Crippen molar-refractivity contribution in [2.75, 3.05) is 36.5 Å². The SMILES string of the molecule is CC(CO[C@@H]1CCN([C@H]2CCN(c3ncc(C(F)(F)F)cn3)C[C@@H]2O)C1=O)Nc1cn[nH]c(=O)c1C(F)(F)F. The summed E-state index contributed by atoms with van der Waals surface area (Å²) in [6.45, 7) is 1.93. The quantitative estimate of drug-likeness (QED) is 0.428. The molecule has 0 aromatic carbocycles. The lowest BCUT2D eigenvalue weighted by atomic mass is 10.0. The third-order valence-electron chi connectivity index (χ3n) is 6.47. The molecule has 4 atom stereocenters. The minimum Gasteiger partial charge on any atom is -0.389 e. The van der Waals surface area contributed by atoms with Gasteiger partial charge in [-0.05, 0) is 13.3 Å². The summed E-state index contributed by atoms with van der Waals surface area (Å²) in [6, 6.07) is -1.28. The fourth-order valence-corrected chi connectivity index (χ4v) is 4.61. The fraction of sp³-hybridized carbons (Fsp3) is 0.591. The van der Waals surface area contributed by atoms with Gasteiger partial charge >= 0.3 is 12.4 Å². The lowest BCUT2D eigenvalue weighted by Crippen LogP contribution is -2.55. The summed E-state index contributed by atoms with van der Waals surface area (Å²) in [6.07, 6.45) is -8.62. The number of H-pyrrole nitrogens is 1. The number of aliphatic hydroxyl groups excluding tert-OH is 1. The first-order chi connectivity index (χ1) is 18.3. The highest BCUT2D eigenvalue weighted by atomic mass is 19.4. The second-order valence-electron chi connectivity index (χ2n) is 9.31. The largest absolute Gasteiger partial charge is 0.423 e. The molecule has 0 bridgehead atoms. The predicted molar refractivity (Wildman–Crippen MR) is 123 cm³/mol. The standard InChI is InChI=1S/C22H25F6N7O4/c1-11(32-13-8-31-33-18(37)17(13)22(26,27)28)10-39-16-3-5-35(19(16)38)14-2-4-34(9-15(14)36)20-29-6-12(7-30-20)21(23,24)25/h6-8,11,14-16,36H,2-5,9-10H2,1H3,(H2,32,33,37)/t11?,14-,15-,16+/m0/s1. The Kier molecular flexibility index (Phi) is 8.02. The minimum absolute atomic E-state index is 0.00191. The van der Waals surface area contributed by atoms with Crippen molar-refractivity contribution in [3.8, 4) is 0 Å². The fourth-order valence-electron chi connectivity index (χ4n) is 4.61. The molecule has 4 heterocycles. The number of aromatic amines is 1. The molecule has 11 nitrogen and oxygen atoms in total. The molecule has 0 saturated carbocycles. The van der Waals surface area contributed by atoms with Gasteiger partial charge in [-0.15, -0.1) is 0 Å². The van der Waals surface area contributed by atoms with E-state index >= 15 is 0 Å². The number of alkyl halides is 6. The van der Waals surface area contributed by atoms with Crippen LogP contribution in [0, 0.1) is 0 Å². The van der Waals surface area contributed by atoms with Gasteiger partial charge in [-0.2, -0.15) is 31.4 Å². The zero-order valence-corrected chi connectivity index (χ0v) is 20.5. The number of rotatable bonds is 7. The van der Waals surface area contributed by atoms with Gasteiger partial charge in [0.1, 0.15) is 11.7 Å². The first-order valence-corrected chi connectivity index (χ1v) is 11.9. The van der Waals surface area contributed by atoms with Crippen molar-refractivity contribution in [3.05, 3.63) is 40.1 Å². The Morgan fingerprint density at radius 1 is 1.10 bits per heavy atom. The topological polar surface area (TPSA) is 137 Å². The van der Waals surface area contributed by atoms with Crippen LogP contribution in [0.4, 0.5) is 38.0 Å². The van der Waals surface area contributed by atoms with Crippen molar-refractivity contribution in [2.24, 2.45) is 0 Å². The van der Waals surface area contributed by atoms with Crippen LogP contribution in [0.2, 0.25) is 0 Å². The number of carbonyl (C=O) groups is 1. The highest BCUT2D eigenvalue weighted by Gasteiger charge is 2.42. The Bertz CT molecular complexity index is 1220. The number of amides is 1. The van der Waals surface area contributed by atoms with E-state index in [1.165, 1.54) is 16.7 Å². The monoisotopic (exact) mass is 565 g/mol. The number of ether oxygens (including phenoxy) is 1. The zero-order valence-electron chi connectivity index (χ0n) is 20.5. The van der Waals surface area contributed by atoms with Gasteiger partial charge in [0, 0.05) is 44.5 Å². The van der Waals surface area contributed by atoms with Crippen LogP contribution >= 0.6 is 0 Å². The van der Waals surface area contributed by atoms with E-state index in [1.54, 1.807) is 5.10 Å². The molecule has 4 rings (SSSR count). The van der Waals surface area contributed by atoms with Crippen molar-refractivity contribution in [2.45, 2.75) is 56.4 Å². The number of halogens is 6. The molecule has 2 aromatic rings. The first kappa shape index (κ1) is 28.5. The van der Waals surface area contributed by atoms with Crippen LogP contribution in [-0.2, 0) is 21.9 Å². The summed E-state index contributed by atoms with van der Waals surface area (Å²) in [4.78, 5) is 35.0. The van der Waals surface area contributed by atoms with Gasteiger partial charge in [0.15, 0.2) is 0 Å². The van der Waals surface area contributed by atoms with E-state index in [9.17, 15) is 41.0 Å². The smallest absolute Gasteiger partial charge is 0.389 e. The molecule has 1 amide bonds. The van der Waals surface area contributed by atoms with Crippen LogP contribution in [-0.4, -0.2) is 86.6 Å². The van der Waals surface area contributed by atoms with Gasteiger partial charge in [-0.1, -0.05) is 0 Å². The molecule has 39 heavy (non-hydrogen) atoms. The van der Waals surface area contributed by atoms with Crippen LogP contribution in [0.25, 0.3) is 0 Å². The van der Waals surface area contributed by atoms with E-state index in [4.69, 9.17) is 4.74 Å². The zero-order chi connectivity index (χ0) is 28.5. The third-order valence-corrected chi connectivity index (χ3v) is 6.47. The van der Waals surface area contributed by atoms with Gasteiger partial charge in [0.05, 0.1) is 36.2 Å². The van der Waals surface area contributed by atoms with E-state index in [0.29, 0.717) is 25.2 Å². The molecule has 2 fully saturated rings. The number of piperidine rings is 1. The Hall–Kier alpha value is -3.47. The number of nitrogens with zero attached hydrogens (tertiary/aromatic N) is 5. The summed E-state index contributed by atoms with van der Waals surface area (Å²) >= 11 is 0. The number of carbonyl (C=O) groups excluding carboxylic acids is 1. The van der Waals surface area contributed by atoms with Gasteiger partial charge < -0.3 is 25.0 Å². The summed E-state index contributed by atoms with van der Waals surface area (Å²) < 4.78 is 83.6. The molecule has 0 spiro atoms. The molecule has 2 aliphatic heterocycles. The molecule has 0 aliphatic carbocycles. The van der Waals surface area contributed by atoms with Crippen molar-refractivity contribution >= 4 is 17.5 Å². The minimum atomic E-state index is -4.91. The van der Waals surface area contributed by atoms with Gasteiger partial charge in [0.2, 0.25) is 5.95 Å². The van der Waals surface area contributed by atoms with Crippen LogP contribution in [0.3, 0.4) is 0 Å². The van der Waals surface area contributed by atoms with Crippen LogP contribution in [0.5, 0.6) is 0 Å². The number of hydrogen-bond donors (Lipinski definition) is 3. The first-order valence-electron chi connectivity index (χ1n) is 11.9. The van der Waals surface area contributed by atoms with Crippen LogP contribution < -0.4 is 15.8 Å². The van der Waals surface area contributed by atoms with E-state index in [2.05, 4.69) is 20.4 Å². The van der Waals surface area contributed by atoms with Gasteiger partial charge in [0.25, 0.3) is 11.5 Å². The molecule has 0 radical (unpaired) electrons. The normalized spacial score (nSPS) is 23.3. The van der Waals surface area contributed by atoms with Crippen molar-refractivity contribution < 1.29 is 41.0 Å². The predicted octanol–water partition coefficient (Wildman–Crippen LogP) is 1.66. The second-order valence-corrected chi connectivity index (χ2v) is 9.31. The van der Waals surface area contributed by atoms with Crippen molar-refractivity contribution in [1.82, 2.24) is 25.1 Å². The molecular formula is C22H25F6N7O4. The molecular weight excluding hydrogens is 540 g/mol. The Morgan fingerprint density at radius 3 is 2.41 bits per heavy atom. The highest BCUT2D eigenvalue weighted by Crippen LogP contribution is 2.32. The molecule has 2 saturated heterocycles.